The summed E-state index contributed by atoms with van der Waals surface area (Å²) < 4.78 is 41.5. The van der Waals surface area contributed by atoms with E-state index in [9.17, 15) is 18.0 Å². The lowest BCUT2D eigenvalue weighted by Gasteiger charge is -2.15. The number of carbonyl (C=O) groups excluding carboxylic acids is 1. The molecule has 116 valence electrons. The summed E-state index contributed by atoms with van der Waals surface area (Å²) in [6.07, 6.45) is 0. The van der Waals surface area contributed by atoms with Crippen LogP contribution in [0, 0.1) is 5.82 Å². The molecule has 0 aliphatic rings. The van der Waals surface area contributed by atoms with Crippen LogP contribution < -0.4 is 10.1 Å². The van der Waals surface area contributed by atoms with Gasteiger partial charge in [0.1, 0.15) is 11.6 Å². The third-order valence-corrected chi connectivity index (χ3v) is 3.04. The average Bonchev–Trinajstić information content (AvgIpc) is 2.47. The number of ether oxygens (including phenoxy) is 1. The molecule has 0 aromatic heterocycles. The fraction of sp³-hybridized carbons (Fsp3) is 0.188. The number of carbonyl (C=O) groups is 1. The molecule has 6 heteroatoms. The Morgan fingerprint density at radius 2 is 1.82 bits per heavy atom. The first-order valence-electron chi connectivity index (χ1n) is 6.57. The number of benzene rings is 2. The van der Waals surface area contributed by atoms with Gasteiger partial charge in [-0.2, -0.15) is 8.78 Å². The van der Waals surface area contributed by atoms with Crippen LogP contribution in [-0.2, 0) is 0 Å². The van der Waals surface area contributed by atoms with Gasteiger partial charge in [0.2, 0.25) is 0 Å². The zero-order valence-corrected chi connectivity index (χ0v) is 11.7. The molecular weight excluding hydrogens is 295 g/mol. The summed E-state index contributed by atoms with van der Waals surface area (Å²) in [6, 6.07) is 10.9. The van der Waals surface area contributed by atoms with Crippen LogP contribution in [0.25, 0.3) is 0 Å². The summed E-state index contributed by atoms with van der Waals surface area (Å²) in [4.78, 5) is 12.0. The minimum atomic E-state index is -2.88. The van der Waals surface area contributed by atoms with Crippen molar-refractivity contribution in [2.45, 2.75) is 19.6 Å². The zero-order valence-electron chi connectivity index (χ0n) is 11.7. The van der Waals surface area contributed by atoms with Crippen LogP contribution in [0.3, 0.4) is 0 Å². The third kappa shape index (κ3) is 4.25. The van der Waals surface area contributed by atoms with Crippen molar-refractivity contribution in [2.24, 2.45) is 0 Å². The molecule has 22 heavy (non-hydrogen) atoms. The van der Waals surface area contributed by atoms with Crippen LogP contribution in [0.2, 0.25) is 0 Å². The van der Waals surface area contributed by atoms with E-state index in [1.807, 2.05) is 0 Å². The number of amides is 1. The van der Waals surface area contributed by atoms with Gasteiger partial charge >= 0.3 is 6.61 Å². The van der Waals surface area contributed by atoms with E-state index in [1.54, 1.807) is 19.1 Å². The highest BCUT2D eigenvalue weighted by Crippen LogP contribution is 2.19. The van der Waals surface area contributed by atoms with E-state index in [1.165, 1.54) is 30.3 Å². The molecule has 2 aromatic carbocycles. The van der Waals surface area contributed by atoms with E-state index >= 15 is 0 Å². The molecule has 0 spiro atoms. The monoisotopic (exact) mass is 309 g/mol. The largest absolute Gasteiger partial charge is 0.435 e. The fourth-order valence-corrected chi connectivity index (χ4v) is 1.93. The summed E-state index contributed by atoms with van der Waals surface area (Å²) >= 11 is 0. The molecule has 0 aliphatic carbocycles. The molecule has 2 aromatic rings. The highest BCUT2D eigenvalue weighted by atomic mass is 19.3. The molecule has 0 saturated heterocycles. The van der Waals surface area contributed by atoms with Crippen molar-refractivity contribution in [3.05, 3.63) is 65.5 Å². The summed E-state index contributed by atoms with van der Waals surface area (Å²) in [5, 5.41) is 2.71. The second-order valence-electron chi connectivity index (χ2n) is 4.65. The molecular formula is C16H14F3NO2. The van der Waals surface area contributed by atoms with Crippen molar-refractivity contribution in [1.82, 2.24) is 5.32 Å². The van der Waals surface area contributed by atoms with Gasteiger partial charge in [-0.3, -0.25) is 4.79 Å². The Morgan fingerprint density at radius 1 is 1.14 bits per heavy atom. The number of hydrogen-bond donors (Lipinski definition) is 1. The van der Waals surface area contributed by atoms with Crippen molar-refractivity contribution in [2.75, 3.05) is 0 Å². The molecule has 1 atom stereocenters. The summed E-state index contributed by atoms with van der Waals surface area (Å²) in [7, 11) is 0. The Balaban J connectivity index is 2.02. The van der Waals surface area contributed by atoms with Crippen LogP contribution in [0.4, 0.5) is 13.2 Å². The van der Waals surface area contributed by atoms with E-state index in [-0.39, 0.29) is 17.4 Å². The lowest BCUT2D eigenvalue weighted by atomic mass is 10.1. The van der Waals surface area contributed by atoms with Crippen LogP contribution in [0.5, 0.6) is 5.75 Å². The maximum absolute atomic E-state index is 13.1. The number of halogens is 3. The van der Waals surface area contributed by atoms with E-state index < -0.39 is 18.3 Å². The van der Waals surface area contributed by atoms with Crippen LogP contribution in [-0.4, -0.2) is 12.5 Å². The predicted octanol–water partition coefficient (Wildman–Crippen LogP) is 3.92. The van der Waals surface area contributed by atoms with E-state index in [0.29, 0.717) is 5.56 Å². The Bertz CT molecular complexity index is 644. The van der Waals surface area contributed by atoms with Gasteiger partial charge in [-0.1, -0.05) is 18.2 Å². The molecule has 0 fully saturated rings. The normalized spacial score (nSPS) is 12.0. The standard InChI is InChI=1S/C16H14F3NO2/c1-10(11-5-7-14(8-6-11)22-16(18)19)20-15(21)12-3-2-4-13(17)9-12/h2-10,16H,1H3,(H,20,21)/t10-/m1/s1. The van der Waals surface area contributed by atoms with Crippen LogP contribution in [0.1, 0.15) is 28.9 Å². The smallest absolute Gasteiger partial charge is 0.387 e. The quantitative estimate of drug-likeness (QED) is 0.909. The lowest BCUT2D eigenvalue weighted by molar-refractivity contribution is -0.0498. The first-order chi connectivity index (χ1) is 10.5. The van der Waals surface area contributed by atoms with Gasteiger partial charge in [0.05, 0.1) is 6.04 Å². The van der Waals surface area contributed by atoms with Crippen molar-refractivity contribution >= 4 is 5.91 Å². The second-order valence-corrected chi connectivity index (χ2v) is 4.65. The molecule has 1 N–H and O–H groups in total. The number of rotatable bonds is 5. The van der Waals surface area contributed by atoms with Gasteiger partial charge in [0, 0.05) is 5.56 Å². The van der Waals surface area contributed by atoms with Gasteiger partial charge in [-0.05, 0) is 42.8 Å². The van der Waals surface area contributed by atoms with Gasteiger partial charge < -0.3 is 10.1 Å². The number of hydrogen-bond acceptors (Lipinski definition) is 2. The van der Waals surface area contributed by atoms with Crippen molar-refractivity contribution in [1.29, 1.82) is 0 Å². The molecule has 1 amide bonds. The van der Waals surface area contributed by atoms with E-state index in [2.05, 4.69) is 10.1 Å². The molecule has 0 heterocycles. The first-order valence-corrected chi connectivity index (χ1v) is 6.57. The maximum Gasteiger partial charge on any atom is 0.387 e. The number of nitrogens with one attached hydrogen (secondary N) is 1. The minimum Gasteiger partial charge on any atom is -0.435 e. The Hall–Kier alpha value is -2.50. The maximum atomic E-state index is 13.1. The van der Waals surface area contributed by atoms with Gasteiger partial charge in [0.25, 0.3) is 5.91 Å². The summed E-state index contributed by atoms with van der Waals surface area (Å²) in [5.74, 6) is -0.865. The van der Waals surface area contributed by atoms with Gasteiger partial charge in [-0.25, -0.2) is 4.39 Å². The van der Waals surface area contributed by atoms with Crippen LogP contribution in [0.15, 0.2) is 48.5 Å². The molecule has 0 unspecified atom stereocenters. The van der Waals surface area contributed by atoms with E-state index in [0.717, 1.165) is 6.07 Å². The fourth-order valence-electron chi connectivity index (χ4n) is 1.93. The first kappa shape index (κ1) is 15.9. The van der Waals surface area contributed by atoms with Crippen molar-refractivity contribution < 1.29 is 22.7 Å². The SMILES string of the molecule is C[C@@H](NC(=O)c1cccc(F)c1)c1ccc(OC(F)F)cc1. The highest BCUT2D eigenvalue weighted by molar-refractivity contribution is 5.94. The number of alkyl halides is 2. The van der Waals surface area contributed by atoms with E-state index in [4.69, 9.17) is 0 Å². The van der Waals surface area contributed by atoms with Crippen LogP contribution >= 0.6 is 0 Å². The Labute approximate surface area is 125 Å². The summed E-state index contributed by atoms with van der Waals surface area (Å²) in [5.41, 5.74) is 0.927. The second kappa shape index (κ2) is 6.98. The highest BCUT2D eigenvalue weighted by Gasteiger charge is 2.12. The molecule has 2 rings (SSSR count). The Kier molecular flexibility index (Phi) is 5.04. The predicted molar refractivity (Wildman–Crippen MR) is 75.4 cm³/mol. The molecule has 0 radical (unpaired) electrons. The van der Waals surface area contributed by atoms with Gasteiger partial charge in [-0.15, -0.1) is 0 Å². The molecule has 0 aliphatic heterocycles. The summed E-state index contributed by atoms with van der Waals surface area (Å²) in [6.45, 7) is -1.14. The lowest BCUT2D eigenvalue weighted by Crippen LogP contribution is -2.26. The average molecular weight is 309 g/mol. The molecule has 0 bridgehead atoms. The minimum absolute atomic E-state index is 0.0439. The van der Waals surface area contributed by atoms with Crippen molar-refractivity contribution in [3.8, 4) is 5.75 Å². The Morgan fingerprint density at radius 3 is 2.41 bits per heavy atom. The van der Waals surface area contributed by atoms with Crippen molar-refractivity contribution in [3.63, 3.8) is 0 Å². The zero-order chi connectivity index (χ0) is 16.1. The topological polar surface area (TPSA) is 38.3 Å². The molecule has 0 saturated carbocycles. The third-order valence-electron chi connectivity index (χ3n) is 3.04. The van der Waals surface area contributed by atoms with Gasteiger partial charge in [0.15, 0.2) is 0 Å². The molecule has 3 nitrogen and oxygen atoms in total.